The van der Waals surface area contributed by atoms with Crippen molar-refractivity contribution in [1.29, 1.82) is 0 Å². The van der Waals surface area contributed by atoms with E-state index < -0.39 is 0 Å². The van der Waals surface area contributed by atoms with E-state index in [2.05, 4.69) is 27.7 Å². The molecule has 1 heteroatoms. The Morgan fingerprint density at radius 1 is 1.36 bits per heavy atom. The maximum absolute atomic E-state index is 11.6. The normalized spacial score (nSPS) is 21.5. The summed E-state index contributed by atoms with van der Waals surface area (Å²) >= 11 is 0. The molecular weight excluding hydrogens is 136 g/mol. The molecule has 0 aliphatic heterocycles. The fourth-order valence-electron chi connectivity index (χ4n) is 1.15. The predicted octanol–water partition coefficient (Wildman–Crippen LogP) is 2.65. The first-order valence-corrected chi connectivity index (χ1v) is 4.46. The Kier molecular flexibility index (Phi) is 2.08. The number of hydrogen-bond donors (Lipinski definition) is 0. The van der Waals surface area contributed by atoms with Gasteiger partial charge in [-0.3, -0.25) is 4.79 Å². The lowest BCUT2D eigenvalue weighted by Gasteiger charge is -2.25. The molecule has 1 aliphatic rings. The topological polar surface area (TPSA) is 17.1 Å². The highest BCUT2D eigenvalue weighted by molar-refractivity contribution is 5.85. The summed E-state index contributed by atoms with van der Waals surface area (Å²) in [6.07, 6.45) is 2.28. The first-order chi connectivity index (χ1) is 4.93. The van der Waals surface area contributed by atoms with Crippen LogP contribution >= 0.6 is 0 Å². The lowest BCUT2D eigenvalue weighted by molar-refractivity contribution is -0.126. The van der Waals surface area contributed by atoms with Crippen LogP contribution in [0.5, 0.6) is 0 Å². The second-order valence-electron chi connectivity index (χ2n) is 4.76. The second kappa shape index (κ2) is 2.62. The Morgan fingerprint density at radius 3 is 2.09 bits per heavy atom. The summed E-state index contributed by atoms with van der Waals surface area (Å²) in [4.78, 5) is 11.6. The maximum atomic E-state index is 11.6. The summed E-state index contributed by atoms with van der Waals surface area (Å²) < 4.78 is 0. The van der Waals surface area contributed by atoms with Gasteiger partial charge in [0.2, 0.25) is 0 Å². The molecule has 0 radical (unpaired) electrons. The Morgan fingerprint density at radius 2 is 1.82 bits per heavy atom. The zero-order valence-corrected chi connectivity index (χ0v) is 7.98. The van der Waals surface area contributed by atoms with E-state index in [1.807, 2.05) is 0 Å². The van der Waals surface area contributed by atoms with E-state index in [1.165, 1.54) is 0 Å². The van der Waals surface area contributed by atoms with Gasteiger partial charge in [-0.2, -0.15) is 0 Å². The van der Waals surface area contributed by atoms with Crippen LogP contribution in [-0.4, -0.2) is 5.78 Å². The highest BCUT2D eigenvalue weighted by atomic mass is 16.1. The standard InChI is InChI=1S/C10H18O/c1-7(10(2,3)4)9(11)8-5-6-8/h7-8H,5-6H2,1-4H3. The molecule has 1 unspecified atom stereocenters. The lowest BCUT2D eigenvalue weighted by Crippen LogP contribution is -2.26. The van der Waals surface area contributed by atoms with Gasteiger partial charge < -0.3 is 0 Å². The van der Waals surface area contributed by atoms with Crippen molar-refractivity contribution in [3.05, 3.63) is 0 Å². The molecule has 0 bridgehead atoms. The molecule has 1 atom stereocenters. The monoisotopic (exact) mass is 154 g/mol. The van der Waals surface area contributed by atoms with Crippen LogP contribution in [0.3, 0.4) is 0 Å². The van der Waals surface area contributed by atoms with Gasteiger partial charge in [0.05, 0.1) is 0 Å². The van der Waals surface area contributed by atoms with E-state index in [9.17, 15) is 4.79 Å². The summed E-state index contributed by atoms with van der Waals surface area (Å²) in [5.74, 6) is 1.14. The van der Waals surface area contributed by atoms with Crippen LogP contribution in [0.1, 0.15) is 40.5 Å². The minimum Gasteiger partial charge on any atom is -0.299 e. The van der Waals surface area contributed by atoms with Crippen molar-refractivity contribution in [3.63, 3.8) is 0 Å². The molecule has 0 aromatic rings. The van der Waals surface area contributed by atoms with Crippen LogP contribution in [0.15, 0.2) is 0 Å². The highest BCUT2D eigenvalue weighted by Gasteiger charge is 2.37. The minimum atomic E-state index is 0.152. The summed E-state index contributed by atoms with van der Waals surface area (Å²) in [5.41, 5.74) is 0.152. The van der Waals surface area contributed by atoms with E-state index in [0.717, 1.165) is 12.8 Å². The molecule has 1 aliphatic carbocycles. The predicted molar refractivity (Wildman–Crippen MR) is 46.4 cm³/mol. The van der Waals surface area contributed by atoms with Gasteiger partial charge >= 0.3 is 0 Å². The van der Waals surface area contributed by atoms with Gasteiger partial charge in [0.25, 0.3) is 0 Å². The molecular formula is C10H18O. The van der Waals surface area contributed by atoms with E-state index in [0.29, 0.717) is 11.7 Å². The van der Waals surface area contributed by atoms with Crippen molar-refractivity contribution < 1.29 is 4.79 Å². The highest BCUT2D eigenvalue weighted by Crippen LogP contribution is 2.37. The summed E-state index contributed by atoms with van der Waals surface area (Å²) in [6.45, 7) is 8.47. The third-order valence-corrected chi connectivity index (χ3v) is 2.71. The summed E-state index contributed by atoms with van der Waals surface area (Å²) in [6, 6.07) is 0. The van der Waals surface area contributed by atoms with E-state index in [1.54, 1.807) is 0 Å². The summed E-state index contributed by atoms with van der Waals surface area (Å²) in [7, 11) is 0. The van der Waals surface area contributed by atoms with Crippen molar-refractivity contribution in [3.8, 4) is 0 Å². The lowest BCUT2D eigenvalue weighted by atomic mass is 9.78. The number of ketones is 1. The number of carbonyl (C=O) groups is 1. The molecule has 64 valence electrons. The van der Waals surface area contributed by atoms with Crippen molar-refractivity contribution in [2.75, 3.05) is 0 Å². The van der Waals surface area contributed by atoms with E-state index in [4.69, 9.17) is 0 Å². The number of Topliss-reactive ketones (excluding diaryl/α,β-unsaturated/α-hetero) is 1. The van der Waals surface area contributed by atoms with Crippen LogP contribution in [-0.2, 0) is 4.79 Å². The van der Waals surface area contributed by atoms with Crippen molar-refractivity contribution in [2.45, 2.75) is 40.5 Å². The fraction of sp³-hybridized carbons (Fsp3) is 0.900. The van der Waals surface area contributed by atoms with Gasteiger partial charge in [0.15, 0.2) is 0 Å². The van der Waals surface area contributed by atoms with Crippen LogP contribution < -0.4 is 0 Å². The molecule has 0 N–H and O–H groups in total. The Bertz CT molecular complexity index is 160. The molecule has 0 aromatic heterocycles. The van der Waals surface area contributed by atoms with Crippen LogP contribution in [0, 0.1) is 17.3 Å². The quantitative estimate of drug-likeness (QED) is 0.597. The molecule has 0 heterocycles. The van der Waals surface area contributed by atoms with Crippen molar-refractivity contribution >= 4 is 5.78 Å². The zero-order valence-electron chi connectivity index (χ0n) is 7.98. The number of rotatable bonds is 2. The van der Waals surface area contributed by atoms with Crippen LogP contribution in [0.2, 0.25) is 0 Å². The van der Waals surface area contributed by atoms with Crippen LogP contribution in [0.25, 0.3) is 0 Å². The fourth-order valence-corrected chi connectivity index (χ4v) is 1.15. The van der Waals surface area contributed by atoms with Crippen LogP contribution in [0.4, 0.5) is 0 Å². The zero-order chi connectivity index (χ0) is 8.65. The molecule has 1 saturated carbocycles. The van der Waals surface area contributed by atoms with Crippen molar-refractivity contribution in [2.24, 2.45) is 17.3 Å². The van der Waals surface area contributed by atoms with Crippen molar-refractivity contribution in [1.82, 2.24) is 0 Å². The molecule has 0 amide bonds. The molecule has 11 heavy (non-hydrogen) atoms. The first kappa shape index (κ1) is 8.76. The molecule has 1 fully saturated rings. The third-order valence-electron chi connectivity index (χ3n) is 2.71. The molecule has 1 nitrogen and oxygen atoms in total. The van der Waals surface area contributed by atoms with Gasteiger partial charge in [0.1, 0.15) is 5.78 Å². The average Bonchev–Trinajstić information content (AvgIpc) is 2.63. The minimum absolute atomic E-state index is 0.152. The van der Waals surface area contributed by atoms with Gasteiger partial charge in [-0.25, -0.2) is 0 Å². The van der Waals surface area contributed by atoms with Gasteiger partial charge in [-0.05, 0) is 18.3 Å². The molecule has 0 spiro atoms. The average molecular weight is 154 g/mol. The number of hydrogen-bond acceptors (Lipinski definition) is 1. The Labute approximate surface area is 69.2 Å². The van der Waals surface area contributed by atoms with E-state index >= 15 is 0 Å². The van der Waals surface area contributed by atoms with Gasteiger partial charge in [0, 0.05) is 11.8 Å². The number of carbonyl (C=O) groups excluding carboxylic acids is 1. The first-order valence-electron chi connectivity index (χ1n) is 4.46. The maximum Gasteiger partial charge on any atom is 0.139 e. The second-order valence-corrected chi connectivity index (χ2v) is 4.76. The largest absolute Gasteiger partial charge is 0.299 e. The Balaban J connectivity index is 2.52. The van der Waals surface area contributed by atoms with Gasteiger partial charge in [-0.1, -0.05) is 27.7 Å². The SMILES string of the molecule is CC(C(=O)C1CC1)C(C)(C)C. The molecule has 1 rings (SSSR count). The Hall–Kier alpha value is -0.330. The van der Waals surface area contributed by atoms with Gasteiger partial charge in [-0.15, -0.1) is 0 Å². The third kappa shape index (κ3) is 2.05. The smallest absolute Gasteiger partial charge is 0.139 e. The van der Waals surface area contributed by atoms with E-state index in [-0.39, 0.29) is 11.3 Å². The molecule has 0 aromatic carbocycles. The summed E-state index contributed by atoms with van der Waals surface area (Å²) in [5, 5.41) is 0. The molecule has 0 saturated heterocycles.